The van der Waals surface area contributed by atoms with Crippen molar-refractivity contribution in [2.24, 2.45) is 0 Å². The molecule has 26 heavy (non-hydrogen) atoms. The summed E-state index contributed by atoms with van der Waals surface area (Å²) in [6.07, 6.45) is 6.84. The molecule has 0 spiro atoms. The predicted molar refractivity (Wildman–Crippen MR) is 106 cm³/mol. The second-order valence-corrected chi connectivity index (χ2v) is 7.48. The van der Waals surface area contributed by atoms with E-state index in [1.165, 1.54) is 42.4 Å². The molecule has 5 rings (SSSR count). The van der Waals surface area contributed by atoms with Crippen molar-refractivity contribution < 1.29 is 0 Å². The first-order valence-electron chi connectivity index (χ1n) is 9.69. The Balaban J connectivity index is 1.50. The van der Waals surface area contributed by atoms with Crippen molar-refractivity contribution in [3.05, 3.63) is 54.4 Å². The molecular weight excluding hydrogens is 320 g/mol. The Kier molecular flexibility index (Phi) is 4.06. The van der Waals surface area contributed by atoms with Gasteiger partial charge < -0.3 is 10.2 Å². The monoisotopic (exact) mass is 344 g/mol. The molecule has 1 saturated heterocycles. The Morgan fingerprint density at radius 3 is 2.65 bits per heavy atom. The molecule has 132 valence electrons. The Morgan fingerprint density at radius 2 is 1.81 bits per heavy atom. The van der Waals surface area contributed by atoms with Crippen LogP contribution in [-0.2, 0) is 6.54 Å². The number of rotatable bonds is 5. The molecule has 2 heterocycles. The van der Waals surface area contributed by atoms with Gasteiger partial charge in [0.25, 0.3) is 0 Å². The highest BCUT2D eigenvalue weighted by Crippen LogP contribution is 2.30. The van der Waals surface area contributed by atoms with Gasteiger partial charge in [0.1, 0.15) is 12.1 Å². The molecular formula is C22H24N4. The molecule has 1 aromatic heterocycles. The number of nitrogens with one attached hydrogen (secondary N) is 1. The van der Waals surface area contributed by atoms with Crippen molar-refractivity contribution in [2.45, 2.75) is 38.3 Å². The molecule has 0 unspecified atom stereocenters. The molecule has 0 amide bonds. The molecule has 1 saturated carbocycles. The van der Waals surface area contributed by atoms with Crippen LogP contribution in [0.25, 0.3) is 22.0 Å². The van der Waals surface area contributed by atoms with Crippen LogP contribution in [0.3, 0.4) is 0 Å². The van der Waals surface area contributed by atoms with Crippen LogP contribution in [0, 0.1) is 0 Å². The fourth-order valence-electron chi connectivity index (χ4n) is 3.81. The lowest BCUT2D eigenvalue weighted by atomic mass is 10.0. The topological polar surface area (TPSA) is 41.1 Å². The summed E-state index contributed by atoms with van der Waals surface area (Å²) in [6.45, 7) is 3.14. The quantitative estimate of drug-likeness (QED) is 0.755. The van der Waals surface area contributed by atoms with E-state index in [0.717, 1.165) is 42.4 Å². The zero-order valence-electron chi connectivity index (χ0n) is 15.0. The highest BCUT2D eigenvalue weighted by atomic mass is 15.2. The number of nitrogens with zero attached hydrogens (tertiary/aromatic N) is 3. The fourth-order valence-corrected chi connectivity index (χ4v) is 3.81. The first kappa shape index (κ1) is 15.8. The Labute approximate surface area is 154 Å². The molecule has 0 atom stereocenters. The third-order valence-corrected chi connectivity index (χ3v) is 5.45. The van der Waals surface area contributed by atoms with Crippen molar-refractivity contribution in [3.63, 3.8) is 0 Å². The summed E-state index contributed by atoms with van der Waals surface area (Å²) in [4.78, 5) is 11.5. The highest BCUT2D eigenvalue weighted by molar-refractivity contribution is 5.93. The minimum absolute atomic E-state index is 0.736. The minimum Gasteiger partial charge on any atom is -0.356 e. The van der Waals surface area contributed by atoms with Gasteiger partial charge in [-0.15, -0.1) is 0 Å². The van der Waals surface area contributed by atoms with Crippen molar-refractivity contribution in [1.29, 1.82) is 0 Å². The van der Waals surface area contributed by atoms with Gasteiger partial charge in [-0.05, 0) is 60.6 Å². The van der Waals surface area contributed by atoms with Gasteiger partial charge in [0.05, 0.1) is 5.52 Å². The summed E-state index contributed by atoms with van der Waals surface area (Å²) in [5.41, 5.74) is 4.87. The van der Waals surface area contributed by atoms with E-state index in [1.54, 1.807) is 6.33 Å². The molecule has 2 aliphatic rings. The lowest BCUT2D eigenvalue weighted by Gasteiger charge is -2.18. The van der Waals surface area contributed by atoms with Crippen molar-refractivity contribution in [2.75, 3.05) is 18.0 Å². The maximum absolute atomic E-state index is 4.60. The van der Waals surface area contributed by atoms with Crippen molar-refractivity contribution in [3.8, 4) is 11.1 Å². The number of aromatic nitrogens is 2. The predicted octanol–water partition coefficient (Wildman–Crippen LogP) is 4.15. The van der Waals surface area contributed by atoms with E-state index in [9.17, 15) is 0 Å². The largest absolute Gasteiger partial charge is 0.356 e. The number of benzene rings is 2. The van der Waals surface area contributed by atoms with Crippen LogP contribution in [-0.4, -0.2) is 29.1 Å². The molecule has 4 nitrogen and oxygen atoms in total. The van der Waals surface area contributed by atoms with Crippen LogP contribution in [0.1, 0.15) is 31.2 Å². The van der Waals surface area contributed by atoms with E-state index in [1.807, 2.05) is 0 Å². The summed E-state index contributed by atoms with van der Waals surface area (Å²) in [7, 11) is 0. The SMILES string of the molecule is c1cc(CNC2CC2)cc(-c2ccc3ncnc(N4CCCC4)c3c2)c1. The fraction of sp³-hybridized carbons (Fsp3) is 0.364. The van der Waals surface area contributed by atoms with E-state index in [-0.39, 0.29) is 0 Å². The maximum atomic E-state index is 4.60. The molecule has 1 aliphatic carbocycles. The number of anilines is 1. The molecule has 0 bridgehead atoms. The van der Waals surface area contributed by atoms with Gasteiger partial charge in [0.2, 0.25) is 0 Å². The van der Waals surface area contributed by atoms with Crippen LogP contribution >= 0.6 is 0 Å². The standard InChI is InChI=1S/C22H24N4/c1-2-11-26(10-1)22-20-13-18(6-9-21(20)24-15-25-22)17-5-3-4-16(12-17)14-23-19-7-8-19/h3-6,9,12-13,15,19,23H,1-2,7-8,10-11,14H2. The number of hydrogen-bond acceptors (Lipinski definition) is 4. The van der Waals surface area contributed by atoms with Crippen LogP contribution in [0.5, 0.6) is 0 Å². The third kappa shape index (κ3) is 3.17. The zero-order valence-corrected chi connectivity index (χ0v) is 15.0. The van der Waals surface area contributed by atoms with Crippen LogP contribution in [0.4, 0.5) is 5.82 Å². The molecule has 3 aromatic rings. The lowest BCUT2D eigenvalue weighted by Crippen LogP contribution is -2.19. The van der Waals surface area contributed by atoms with Crippen molar-refractivity contribution in [1.82, 2.24) is 15.3 Å². The molecule has 2 fully saturated rings. The normalized spacial score (nSPS) is 17.2. The summed E-state index contributed by atoms with van der Waals surface area (Å²) in [6, 6.07) is 16.2. The van der Waals surface area contributed by atoms with Gasteiger partial charge in [-0.3, -0.25) is 0 Å². The average Bonchev–Trinajstić information content (AvgIpc) is 3.37. The summed E-state index contributed by atoms with van der Waals surface area (Å²) < 4.78 is 0. The van der Waals surface area contributed by atoms with Crippen LogP contribution < -0.4 is 10.2 Å². The van der Waals surface area contributed by atoms with E-state index < -0.39 is 0 Å². The van der Waals surface area contributed by atoms with Gasteiger partial charge in [-0.1, -0.05) is 24.3 Å². The zero-order chi connectivity index (χ0) is 17.3. The smallest absolute Gasteiger partial charge is 0.139 e. The first-order valence-corrected chi connectivity index (χ1v) is 9.69. The van der Waals surface area contributed by atoms with Crippen LogP contribution in [0.15, 0.2) is 48.8 Å². The van der Waals surface area contributed by atoms with E-state index in [0.29, 0.717) is 0 Å². The van der Waals surface area contributed by atoms with Gasteiger partial charge in [-0.25, -0.2) is 9.97 Å². The summed E-state index contributed by atoms with van der Waals surface area (Å²) in [5, 5.41) is 4.76. The van der Waals surface area contributed by atoms with E-state index in [2.05, 4.69) is 62.6 Å². The van der Waals surface area contributed by atoms with E-state index in [4.69, 9.17) is 0 Å². The summed E-state index contributed by atoms with van der Waals surface area (Å²) in [5.74, 6) is 1.08. The molecule has 1 N–H and O–H groups in total. The lowest BCUT2D eigenvalue weighted by molar-refractivity contribution is 0.688. The van der Waals surface area contributed by atoms with Crippen molar-refractivity contribution >= 4 is 16.7 Å². The first-order chi connectivity index (χ1) is 12.9. The van der Waals surface area contributed by atoms with Crippen LogP contribution in [0.2, 0.25) is 0 Å². The second-order valence-electron chi connectivity index (χ2n) is 7.48. The summed E-state index contributed by atoms with van der Waals surface area (Å²) >= 11 is 0. The second kappa shape index (κ2) is 6.69. The third-order valence-electron chi connectivity index (χ3n) is 5.45. The van der Waals surface area contributed by atoms with Gasteiger partial charge in [0, 0.05) is 31.1 Å². The van der Waals surface area contributed by atoms with E-state index >= 15 is 0 Å². The average molecular weight is 344 g/mol. The molecule has 4 heteroatoms. The molecule has 2 aromatic carbocycles. The molecule has 0 radical (unpaired) electrons. The Morgan fingerprint density at radius 1 is 0.962 bits per heavy atom. The highest BCUT2D eigenvalue weighted by Gasteiger charge is 2.20. The Bertz CT molecular complexity index is 926. The van der Waals surface area contributed by atoms with Gasteiger partial charge >= 0.3 is 0 Å². The minimum atomic E-state index is 0.736. The molecule has 1 aliphatic heterocycles. The number of fused-ring (bicyclic) bond motifs is 1. The maximum Gasteiger partial charge on any atom is 0.139 e. The van der Waals surface area contributed by atoms with Gasteiger partial charge in [0.15, 0.2) is 0 Å². The van der Waals surface area contributed by atoms with Gasteiger partial charge in [-0.2, -0.15) is 0 Å². The number of hydrogen-bond donors (Lipinski definition) is 1. The Hall–Kier alpha value is -2.46.